The first-order chi connectivity index (χ1) is 8.67. The van der Waals surface area contributed by atoms with E-state index in [-0.39, 0.29) is 0 Å². The summed E-state index contributed by atoms with van der Waals surface area (Å²) >= 11 is 0. The van der Waals surface area contributed by atoms with Gasteiger partial charge in [-0.25, -0.2) is 0 Å². The van der Waals surface area contributed by atoms with Gasteiger partial charge in [0.1, 0.15) is 0 Å². The Bertz CT molecular complexity index is 368. The summed E-state index contributed by atoms with van der Waals surface area (Å²) in [5.74, 6) is 0. The lowest BCUT2D eigenvalue weighted by Crippen LogP contribution is -2.30. The van der Waals surface area contributed by atoms with E-state index in [2.05, 4.69) is 50.9 Å². The first kappa shape index (κ1) is 15.0. The molecular weight excluding hydrogens is 218 g/mol. The molecule has 1 rings (SSSR count). The van der Waals surface area contributed by atoms with E-state index < -0.39 is 0 Å². The molecule has 0 amide bonds. The van der Waals surface area contributed by atoms with Crippen LogP contribution >= 0.6 is 0 Å². The van der Waals surface area contributed by atoms with Crippen molar-refractivity contribution in [2.75, 3.05) is 6.54 Å². The zero-order valence-electron chi connectivity index (χ0n) is 12.1. The van der Waals surface area contributed by atoms with E-state index in [1.807, 2.05) is 6.08 Å². The molecule has 100 valence electrons. The Morgan fingerprint density at radius 3 is 2.67 bits per heavy atom. The van der Waals surface area contributed by atoms with Gasteiger partial charge in [0.25, 0.3) is 0 Å². The maximum Gasteiger partial charge on any atom is 0.0107 e. The first-order valence-corrected chi connectivity index (χ1v) is 7.07. The summed E-state index contributed by atoms with van der Waals surface area (Å²) < 4.78 is 0. The molecule has 18 heavy (non-hydrogen) atoms. The minimum absolute atomic E-state index is 0.594. The fraction of sp³-hybridized carbons (Fsp3) is 0.529. The molecule has 1 N–H and O–H groups in total. The highest BCUT2D eigenvalue weighted by Crippen LogP contribution is 2.14. The van der Waals surface area contributed by atoms with Crippen LogP contribution in [0.3, 0.4) is 0 Å². The van der Waals surface area contributed by atoms with Crippen LogP contribution in [0.1, 0.15) is 42.9 Å². The fourth-order valence-electron chi connectivity index (χ4n) is 2.29. The molecule has 0 aliphatic heterocycles. The summed E-state index contributed by atoms with van der Waals surface area (Å²) in [5, 5.41) is 3.59. The normalized spacial score (nSPS) is 12.4. The van der Waals surface area contributed by atoms with E-state index in [0.29, 0.717) is 6.04 Å². The van der Waals surface area contributed by atoms with Gasteiger partial charge in [-0.2, -0.15) is 0 Å². The number of aryl methyl sites for hydroxylation is 2. The van der Waals surface area contributed by atoms with Crippen molar-refractivity contribution in [2.45, 2.75) is 52.5 Å². The molecule has 1 aromatic carbocycles. The van der Waals surface area contributed by atoms with E-state index >= 15 is 0 Å². The number of benzene rings is 1. The van der Waals surface area contributed by atoms with Gasteiger partial charge in [-0.15, -0.1) is 6.58 Å². The van der Waals surface area contributed by atoms with Crippen LogP contribution in [0.5, 0.6) is 0 Å². The van der Waals surface area contributed by atoms with Gasteiger partial charge in [-0.3, -0.25) is 0 Å². The molecule has 0 radical (unpaired) electrons. The summed E-state index contributed by atoms with van der Waals surface area (Å²) in [6.07, 6.45) is 6.72. The molecule has 0 aliphatic rings. The molecule has 0 aromatic heterocycles. The van der Waals surface area contributed by atoms with E-state index in [1.165, 1.54) is 29.5 Å². The van der Waals surface area contributed by atoms with E-state index in [1.54, 1.807) is 0 Å². The predicted molar refractivity (Wildman–Crippen MR) is 81.1 cm³/mol. The summed E-state index contributed by atoms with van der Waals surface area (Å²) in [6, 6.07) is 7.42. The second-order valence-electron chi connectivity index (χ2n) is 5.10. The molecule has 1 aromatic rings. The number of nitrogens with one attached hydrogen (secondary N) is 1. The van der Waals surface area contributed by atoms with Crippen molar-refractivity contribution in [3.8, 4) is 0 Å². The molecule has 0 spiro atoms. The number of hydrogen-bond donors (Lipinski definition) is 1. The van der Waals surface area contributed by atoms with Crippen molar-refractivity contribution in [2.24, 2.45) is 0 Å². The highest BCUT2D eigenvalue weighted by atomic mass is 14.9. The lowest BCUT2D eigenvalue weighted by Gasteiger charge is -2.18. The lowest BCUT2D eigenvalue weighted by atomic mass is 9.98. The van der Waals surface area contributed by atoms with Crippen molar-refractivity contribution in [1.82, 2.24) is 5.32 Å². The van der Waals surface area contributed by atoms with Crippen LogP contribution in [0.15, 0.2) is 30.9 Å². The molecule has 1 unspecified atom stereocenters. The highest BCUT2D eigenvalue weighted by Gasteiger charge is 2.08. The van der Waals surface area contributed by atoms with Crippen LogP contribution in [0, 0.1) is 13.8 Å². The molecular formula is C17H27N. The van der Waals surface area contributed by atoms with Crippen molar-refractivity contribution in [1.29, 1.82) is 0 Å². The molecule has 1 atom stereocenters. The zero-order valence-corrected chi connectivity index (χ0v) is 12.1. The third kappa shape index (κ3) is 5.05. The van der Waals surface area contributed by atoms with Crippen LogP contribution in [0.25, 0.3) is 0 Å². The lowest BCUT2D eigenvalue weighted by molar-refractivity contribution is 0.478. The molecule has 1 nitrogen and oxygen atoms in total. The standard InChI is InChI=1S/C17H27N/c1-5-7-8-9-17(18-6-2)13-16-11-10-14(3)15(4)12-16/h5,10-12,17-18H,1,6-9,13H2,2-4H3. The van der Waals surface area contributed by atoms with Crippen molar-refractivity contribution in [3.63, 3.8) is 0 Å². The minimum Gasteiger partial charge on any atom is -0.314 e. The number of allylic oxidation sites excluding steroid dienone is 1. The van der Waals surface area contributed by atoms with Crippen molar-refractivity contribution in [3.05, 3.63) is 47.5 Å². The van der Waals surface area contributed by atoms with E-state index in [0.717, 1.165) is 19.4 Å². The fourth-order valence-corrected chi connectivity index (χ4v) is 2.29. The van der Waals surface area contributed by atoms with Crippen molar-refractivity contribution < 1.29 is 0 Å². The minimum atomic E-state index is 0.594. The molecule has 0 aliphatic carbocycles. The average Bonchev–Trinajstić information content (AvgIpc) is 2.34. The summed E-state index contributed by atoms with van der Waals surface area (Å²) in [7, 11) is 0. The maximum atomic E-state index is 3.79. The van der Waals surface area contributed by atoms with Gasteiger partial charge >= 0.3 is 0 Å². The Hall–Kier alpha value is -1.08. The Balaban J connectivity index is 2.58. The average molecular weight is 245 g/mol. The highest BCUT2D eigenvalue weighted by molar-refractivity contribution is 5.30. The summed E-state index contributed by atoms with van der Waals surface area (Å²) in [6.45, 7) is 11.4. The number of likely N-dealkylation sites (N-methyl/N-ethyl adjacent to an activating group) is 1. The monoisotopic (exact) mass is 245 g/mol. The number of rotatable bonds is 8. The van der Waals surface area contributed by atoms with Crippen LogP contribution in [-0.4, -0.2) is 12.6 Å². The van der Waals surface area contributed by atoms with Crippen LogP contribution in [-0.2, 0) is 6.42 Å². The second-order valence-corrected chi connectivity index (χ2v) is 5.10. The maximum absolute atomic E-state index is 3.79. The van der Waals surface area contributed by atoms with Gasteiger partial charge in [0.15, 0.2) is 0 Å². The van der Waals surface area contributed by atoms with Gasteiger partial charge in [-0.1, -0.05) is 31.2 Å². The van der Waals surface area contributed by atoms with Gasteiger partial charge < -0.3 is 5.32 Å². The van der Waals surface area contributed by atoms with Gasteiger partial charge in [0.05, 0.1) is 0 Å². The van der Waals surface area contributed by atoms with Crippen molar-refractivity contribution >= 4 is 0 Å². The van der Waals surface area contributed by atoms with Gasteiger partial charge in [0.2, 0.25) is 0 Å². The van der Waals surface area contributed by atoms with E-state index in [9.17, 15) is 0 Å². The molecule has 0 bridgehead atoms. The van der Waals surface area contributed by atoms with Gasteiger partial charge in [0, 0.05) is 6.04 Å². The predicted octanol–water partition coefficient (Wildman–Crippen LogP) is 4.18. The molecule has 0 saturated carbocycles. The second kappa shape index (κ2) is 8.10. The summed E-state index contributed by atoms with van der Waals surface area (Å²) in [4.78, 5) is 0. The SMILES string of the molecule is C=CCCCC(Cc1ccc(C)c(C)c1)NCC. The smallest absolute Gasteiger partial charge is 0.0107 e. The Kier molecular flexibility index (Phi) is 6.74. The van der Waals surface area contributed by atoms with Gasteiger partial charge in [-0.05, 0) is 62.8 Å². The third-order valence-corrected chi connectivity index (χ3v) is 3.51. The van der Waals surface area contributed by atoms with E-state index in [4.69, 9.17) is 0 Å². The summed E-state index contributed by atoms with van der Waals surface area (Å²) in [5.41, 5.74) is 4.22. The Morgan fingerprint density at radius 2 is 2.06 bits per heavy atom. The molecule has 0 fully saturated rings. The Morgan fingerprint density at radius 1 is 1.28 bits per heavy atom. The quantitative estimate of drug-likeness (QED) is 0.535. The molecule has 0 heterocycles. The molecule has 1 heteroatoms. The number of unbranched alkanes of at least 4 members (excludes halogenated alkanes) is 1. The third-order valence-electron chi connectivity index (χ3n) is 3.51. The zero-order chi connectivity index (χ0) is 13.4. The van der Waals surface area contributed by atoms with Crippen LogP contribution in [0.4, 0.5) is 0 Å². The molecule has 0 saturated heterocycles. The largest absolute Gasteiger partial charge is 0.314 e. The number of hydrogen-bond acceptors (Lipinski definition) is 1. The van der Waals surface area contributed by atoms with Crippen LogP contribution in [0.2, 0.25) is 0 Å². The topological polar surface area (TPSA) is 12.0 Å². The Labute approximate surface area is 112 Å². The first-order valence-electron chi connectivity index (χ1n) is 7.07. The van der Waals surface area contributed by atoms with Crippen LogP contribution < -0.4 is 5.32 Å².